The van der Waals surface area contributed by atoms with Gasteiger partial charge in [0.1, 0.15) is 0 Å². The molecule has 1 nitrogen and oxygen atoms in total. The van der Waals surface area contributed by atoms with Crippen molar-refractivity contribution in [1.29, 1.82) is 0 Å². The molecule has 1 fully saturated rings. The highest BCUT2D eigenvalue weighted by Crippen LogP contribution is 2.40. The van der Waals surface area contributed by atoms with Crippen LogP contribution in [0.15, 0.2) is 18.2 Å². The lowest BCUT2D eigenvalue weighted by Gasteiger charge is -2.13. The van der Waals surface area contributed by atoms with Crippen LogP contribution in [0.4, 0.5) is 0 Å². The molecule has 1 heterocycles. The van der Waals surface area contributed by atoms with Crippen molar-refractivity contribution in [2.24, 2.45) is 0 Å². The lowest BCUT2D eigenvalue weighted by Crippen LogP contribution is -2.32. The first-order chi connectivity index (χ1) is 6.77. The van der Waals surface area contributed by atoms with E-state index in [1.54, 1.807) is 11.1 Å². The predicted molar refractivity (Wildman–Crippen MR) is 58.6 cm³/mol. The van der Waals surface area contributed by atoms with Gasteiger partial charge in [0.05, 0.1) is 0 Å². The topological polar surface area (TPSA) is 12.0 Å². The summed E-state index contributed by atoms with van der Waals surface area (Å²) >= 11 is 0. The molecule has 3 rings (SSSR count). The fraction of sp³-hybridized carbons (Fsp3) is 0.538. The summed E-state index contributed by atoms with van der Waals surface area (Å²) in [4.78, 5) is 0. The van der Waals surface area contributed by atoms with Gasteiger partial charge < -0.3 is 5.32 Å². The fourth-order valence-electron chi connectivity index (χ4n) is 2.55. The zero-order valence-corrected chi connectivity index (χ0v) is 8.77. The fourth-order valence-corrected chi connectivity index (χ4v) is 2.55. The van der Waals surface area contributed by atoms with E-state index in [2.05, 4.69) is 30.4 Å². The molecule has 2 aliphatic rings. The summed E-state index contributed by atoms with van der Waals surface area (Å²) in [5.74, 6) is 0. The molecule has 0 radical (unpaired) electrons. The van der Waals surface area contributed by atoms with Gasteiger partial charge in [-0.15, -0.1) is 0 Å². The van der Waals surface area contributed by atoms with Crippen LogP contribution in [0.1, 0.15) is 29.5 Å². The van der Waals surface area contributed by atoms with Crippen molar-refractivity contribution >= 4 is 0 Å². The lowest BCUT2D eigenvalue weighted by atomic mass is 9.98. The number of fused-ring (bicyclic) bond motifs is 1. The number of hydrogen-bond acceptors (Lipinski definition) is 1. The number of nitrogens with one attached hydrogen (secondary N) is 1. The monoisotopic (exact) mass is 187 g/mol. The van der Waals surface area contributed by atoms with Crippen LogP contribution in [0.2, 0.25) is 0 Å². The van der Waals surface area contributed by atoms with Gasteiger partial charge in [0, 0.05) is 5.54 Å². The van der Waals surface area contributed by atoms with Crippen molar-refractivity contribution in [2.75, 3.05) is 6.54 Å². The van der Waals surface area contributed by atoms with Gasteiger partial charge in [-0.25, -0.2) is 0 Å². The van der Waals surface area contributed by atoms with E-state index in [1.807, 2.05) is 0 Å². The number of benzene rings is 1. The SMILES string of the molecule is Cc1ccc2c(c1)CCNC1(CC1)C2. The third-order valence-electron chi connectivity index (χ3n) is 3.64. The second kappa shape index (κ2) is 2.83. The van der Waals surface area contributed by atoms with Crippen molar-refractivity contribution < 1.29 is 0 Å². The summed E-state index contributed by atoms with van der Waals surface area (Å²) in [6, 6.07) is 6.94. The molecule has 14 heavy (non-hydrogen) atoms. The number of aryl methyl sites for hydroxylation is 1. The zero-order valence-electron chi connectivity index (χ0n) is 8.77. The minimum Gasteiger partial charge on any atom is -0.311 e. The first-order valence-electron chi connectivity index (χ1n) is 5.61. The van der Waals surface area contributed by atoms with Crippen molar-refractivity contribution in [2.45, 2.75) is 38.1 Å². The predicted octanol–water partition coefficient (Wildman–Crippen LogP) is 2.22. The molecule has 1 N–H and O–H groups in total. The van der Waals surface area contributed by atoms with E-state index in [-0.39, 0.29) is 0 Å². The minimum atomic E-state index is 0.501. The van der Waals surface area contributed by atoms with Gasteiger partial charge in [-0.05, 0) is 50.3 Å². The minimum absolute atomic E-state index is 0.501. The quantitative estimate of drug-likeness (QED) is 0.656. The van der Waals surface area contributed by atoms with Gasteiger partial charge in [-0.2, -0.15) is 0 Å². The average Bonchev–Trinajstić information content (AvgIpc) is 2.93. The van der Waals surface area contributed by atoms with Crippen LogP contribution in [0.5, 0.6) is 0 Å². The summed E-state index contributed by atoms with van der Waals surface area (Å²) in [5, 5.41) is 3.70. The van der Waals surface area contributed by atoms with Crippen LogP contribution >= 0.6 is 0 Å². The van der Waals surface area contributed by atoms with E-state index >= 15 is 0 Å². The first kappa shape index (κ1) is 8.49. The van der Waals surface area contributed by atoms with Crippen LogP contribution in [0.3, 0.4) is 0 Å². The van der Waals surface area contributed by atoms with E-state index in [4.69, 9.17) is 0 Å². The Morgan fingerprint density at radius 2 is 2.07 bits per heavy atom. The van der Waals surface area contributed by atoms with Crippen molar-refractivity contribution in [3.63, 3.8) is 0 Å². The number of rotatable bonds is 0. The van der Waals surface area contributed by atoms with Gasteiger partial charge in [-0.3, -0.25) is 0 Å². The molecule has 0 bridgehead atoms. The Kier molecular flexibility index (Phi) is 1.72. The molecule has 0 atom stereocenters. The molecular weight excluding hydrogens is 170 g/mol. The molecule has 1 aromatic rings. The number of hydrogen-bond donors (Lipinski definition) is 1. The third kappa shape index (κ3) is 1.36. The molecule has 1 heteroatoms. The van der Waals surface area contributed by atoms with Gasteiger partial charge >= 0.3 is 0 Å². The third-order valence-corrected chi connectivity index (χ3v) is 3.64. The molecular formula is C13H17N. The Labute approximate surface area is 85.5 Å². The summed E-state index contributed by atoms with van der Waals surface area (Å²) in [6.07, 6.45) is 5.21. The van der Waals surface area contributed by atoms with E-state index < -0.39 is 0 Å². The van der Waals surface area contributed by atoms with Gasteiger partial charge in [0.15, 0.2) is 0 Å². The molecule has 0 saturated heterocycles. The summed E-state index contributed by atoms with van der Waals surface area (Å²) in [6.45, 7) is 3.35. The van der Waals surface area contributed by atoms with Crippen LogP contribution in [-0.4, -0.2) is 12.1 Å². The summed E-state index contributed by atoms with van der Waals surface area (Å²) in [7, 11) is 0. The van der Waals surface area contributed by atoms with Gasteiger partial charge in [0.2, 0.25) is 0 Å². The molecule has 0 aromatic heterocycles. The van der Waals surface area contributed by atoms with Gasteiger partial charge in [0.25, 0.3) is 0 Å². The van der Waals surface area contributed by atoms with E-state index in [0.717, 1.165) is 6.54 Å². The maximum absolute atomic E-state index is 3.70. The maximum atomic E-state index is 3.70. The summed E-state index contributed by atoms with van der Waals surface area (Å²) < 4.78 is 0. The second-order valence-electron chi connectivity index (χ2n) is 4.91. The Bertz CT molecular complexity index is 363. The Morgan fingerprint density at radius 3 is 2.86 bits per heavy atom. The Hall–Kier alpha value is -0.820. The van der Waals surface area contributed by atoms with Gasteiger partial charge in [-0.1, -0.05) is 23.8 Å². The standard InChI is InChI=1S/C13H17N/c1-10-2-3-12-9-13(5-6-13)14-7-4-11(12)8-10/h2-3,8,14H,4-7,9H2,1H3. The highest BCUT2D eigenvalue weighted by atomic mass is 15.0. The molecule has 1 aliphatic heterocycles. The molecule has 1 aliphatic carbocycles. The smallest absolute Gasteiger partial charge is 0.0223 e. The van der Waals surface area contributed by atoms with E-state index in [0.29, 0.717) is 5.54 Å². The molecule has 1 spiro atoms. The normalized spacial score (nSPS) is 22.9. The van der Waals surface area contributed by atoms with Crippen LogP contribution in [0.25, 0.3) is 0 Å². The highest BCUT2D eigenvalue weighted by molar-refractivity contribution is 5.35. The zero-order chi connectivity index (χ0) is 9.60. The van der Waals surface area contributed by atoms with Crippen molar-refractivity contribution in [1.82, 2.24) is 5.32 Å². The van der Waals surface area contributed by atoms with E-state index in [1.165, 1.54) is 31.2 Å². The van der Waals surface area contributed by atoms with E-state index in [9.17, 15) is 0 Å². The first-order valence-corrected chi connectivity index (χ1v) is 5.61. The lowest BCUT2D eigenvalue weighted by molar-refractivity contribution is 0.514. The van der Waals surface area contributed by atoms with Crippen LogP contribution in [0, 0.1) is 6.92 Å². The molecule has 0 amide bonds. The average molecular weight is 187 g/mol. The Balaban J connectivity index is 1.99. The molecule has 74 valence electrons. The molecule has 0 unspecified atom stereocenters. The molecule has 1 saturated carbocycles. The summed E-state index contributed by atoms with van der Waals surface area (Å²) in [5.41, 5.74) is 5.05. The highest BCUT2D eigenvalue weighted by Gasteiger charge is 2.43. The van der Waals surface area contributed by atoms with Crippen molar-refractivity contribution in [3.8, 4) is 0 Å². The van der Waals surface area contributed by atoms with Crippen LogP contribution in [-0.2, 0) is 12.8 Å². The maximum Gasteiger partial charge on any atom is 0.0223 e. The largest absolute Gasteiger partial charge is 0.311 e. The van der Waals surface area contributed by atoms with Crippen molar-refractivity contribution in [3.05, 3.63) is 34.9 Å². The Morgan fingerprint density at radius 1 is 1.21 bits per heavy atom. The molecule has 1 aromatic carbocycles. The van der Waals surface area contributed by atoms with Crippen LogP contribution < -0.4 is 5.32 Å². The second-order valence-corrected chi connectivity index (χ2v) is 4.91.